The third kappa shape index (κ3) is 5.21. The lowest BCUT2D eigenvalue weighted by atomic mass is 10.2. The van der Waals surface area contributed by atoms with E-state index in [1.165, 1.54) is 0 Å². The zero-order valence-corrected chi connectivity index (χ0v) is 15.5. The smallest absolute Gasteiger partial charge is 0.252 e. The van der Waals surface area contributed by atoms with E-state index in [2.05, 4.69) is 27.9 Å². The van der Waals surface area contributed by atoms with E-state index >= 15 is 0 Å². The van der Waals surface area contributed by atoms with Crippen molar-refractivity contribution < 1.29 is 9.59 Å². The minimum atomic E-state index is -0.247. The minimum Gasteiger partial charge on any atom is -0.343 e. The summed E-state index contributed by atoms with van der Waals surface area (Å²) in [4.78, 5) is 25.8. The molecule has 1 N–H and O–H groups in total. The highest BCUT2D eigenvalue weighted by Gasteiger charge is 2.13. The lowest BCUT2D eigenvalue weighted by molar-refractivity contribution is -0.129. The van der Waals surface area contributed by atoms with E-state index in [1.807, 2.05) is 24.3 Å². The van der Waals surface area contributed by atoms with Crippen LogP contribution in [0.4, 0.5) is 0 Å². The molecule has 0 aliphatic carbocycles. The molecule has 0 bridgehead atoms. The van der Waals surface area contributed by atoms with E-state index in [4.69, 9.17) is 11.6 Å². The molecule has 0 unspecified atom stereocenters. The van der Waals surface area contributed by atoms with Gasteiger partial charge in [-0.25, -0.2) is 0 Å². The van der Waals surface area contributed by atoms with E-state index in [0.29, 0.717) is 17.1 Å². The van der Waals surface area contributed by atoms with Crippen LogP contribution < -0.4 is 5.32 Å². The number of benzene rings is 2. The van der Waals surface area contributed by atoms with Crippen molar-refractivity contribution >= 4 is 46.0 Å². The predicted octanol–water partition coefficient (Wildman–Crippen LogP) is 3.33. The zero-order chi connectivity index (χ0) is 16.8. The molecule has 0 spiro atoms. The normalized spacial score (nSPS) is 10.2. The third-order valence-electron chi connectivity index (χ3n) is 3.28. The molecular formula is C17H16ClIN2O2. The van der Waals surface area contributed by atoms with Gasteiger partial charge >= 0.3 is 0 Å². The van der Waals surface area contributed by atoms with Crippen LogP contribution in [0.3, 0.4) is 0 Å². The molecule has 120 valence electrons. The Kier molecular flexibility index (Phi) is 6.41. The molecule has 0 saturated heterocycles. The van der Waals surface area contributed by atoms with Crippen LogP contribution in [0.2, 0.25) is 5.02 Å². The lowest BCUT2D eigenvalue weighted by Crippen LogP contribution is -2.38. The van der Waals surface area contributed by atoms with Crippen LogP contribution in [-0.2, 0) is 11.3 Å². The molecule has 23 heavy (non-hydrogen) atoms. The van der Waals surface area contributed by atoms with E-state index in [1.54, 1.807) is 36.2 Å². The van der Waals surface area contributed by atoms with E-state index in [-0.39, 0.29) is 18.4 Å². The van der Waals surface area contributed by atoms with Gasteiger partial charge in [-0.2, -0.15) is 0 Å². The van der Waals surface area contributed by atoms with Crippen molar-refractivity contribution in [3.63, 3.8) is 0 Å². The van der Waals surface area contributed by atoms with Crippen molar-refractivity contribution in [1.82, 2.24) is 10.2 Å². The topological polar surface area (TPSA) is 49.4 Å². The standard InChI is InChI=1S/C17H16ClIN2O2/c1-21(11-12-6-8-13(18)9-7-12)16(22)10-20-17(23)14-4-2-3-5-15(14)19/h2-9H,10-11H2,1H3,(H,20,23). The summed E-state index contributed by atoms with van der Waals surface area (Å²) < 4.78 is 0.851. The van der Waals surface area contributed by atoms with E-state index < -0.39 is 0 Å². The molecule has 0 aromatic heterocycles. The van der Waals surface area contributed by atoms with Gasteiger partial charge < -0.3 is 10.2 Å². The van der Waals surface area contributed by atoms with Gasteiger partial charge in [0.15, 0.2) is 0 Å². The van der Waals surface area contributed by atoms with Crippen LogP contribution in [-0.4, -0.2) is 30.3 Å². The first-order chi connectivity index (χ1) is 11.0. The maximum atomic E-state index is 12.1. The summed E-state index contributed by atoms with van der Waals surface area (Å²) in [5, 5.41) is 3.32. The van der Waals surface area contributed by atoms with Crippen molar-refractivity contribution in [2.75, 3.05) is 13.6 Å². The van der Waals surface area contributed by atoms with Crippen molar-refractivity contribution in [3.8, 4) is 0 Å². The second-order valence-electron chi connectivity index (χ2n) is 5.04. The summed E-state index contributed by atoms with van der Waals surface area (Å²) in [5.74, 6) is -0.400. The van der Waals surface area contributed by atoms with Crippen molar-refractivity contribution in [1.29, 1.82) is 0 Å². The van der Waals surface area contributed by atoms with Gasteiger partial charge in [0.25, 0.3) is 5.91 Å². The predicted molar refractivity (Wildman–Crippen MR) is 99.4 cm³/mol. The van der Waals surface area contributed by atoms with Crippen molar-refractivity contribution in [2.24, 2.45) is 0 Å². The average molecular weight is 443 g/mol. The van der Waals surface area contributed by atoms with Crippen LogP contribution >= 0.6 is 34.2 Å². The molecule has 0 aliphatic heterocycles. The molecule has 2 amide bonds. The molecule has 0 radical (unpaired) electrons. The van der Waals surface area contributed by atoms with Crippen LogP contribution in [0.25, 0.3) is 0 Å². The molecule has 0 aliphatic rings. The molecule has 0 saturated carbocycles. The summed E-state index contributed by atoms with van der Waals surface area (Å²) in [6, 6.07) is 14.6. The fraction of sp³-hybridized carbons (Fsp3) is 0.176. The van der Waals surface area contributed by atoms with Gasteiger partial charge in [0.1, 0.15) is 0 Å². The Bertz CT molecular complexity index is 704. The van der Waals surface area contributed by atoms with Gasteiger partial charge in [0.05, 0.1) is 12.1 Å². The average Bonchev–Trinajstić information content (AvgIpc) is 2.54. The summed E-state index contributed by atoms with van der Waals surface area (Å²) >= 11 is 7.93. The molecule has 4 nitrogen and oxygen atoms in total. The zero-order valence-electron chi connectivity index (χ0n) is 12.6. The van der Waals surface area contributed by atoms with Gasteiger partial charge in [-0.1, -0.05) is 35.9 Å². The molecule has 2 aromatic carbocycles. The van der Waals surface area contributed by atoms with Crippen LogP contribution in [0.15, 0.2) is 48.5 Å². The molecule has 2 aromatic rings. The fourth-order valence-corrected chi connectivity index (χ4v) is 2.74. The Balaban J connectivity index is 1.87. The van der Waals surface area contributed by atoms with Gasteiger partial charge in [0.2, 0.25) is 5.91 Å². The summed E-state index contributed by atoms with van der Waals surface area (Å²) in [5.41, 5.74) is 1.55. The first kappa shape index (κ1) is 17.7. The number of amides is 2. The Hall–Kier alpha value is -1.60. The molecule has 0 fully saturated rings. The third-order valence-corrected chi connectivity index (χ3v) is 4.47. The number of carbonyl (C=O) groups is 2. The largest absolute Gasteiger partial charge is 0.343 e. The highest BCUT2D eigenvalue weighted by atomic mass is 127. The highest BCUT2D eigenvalue weighted by molar-refractivity contribution is 14.1. The Morgan fingerprint density at radius 1 is 1.13 bits per heavy atom. The Morgan fingerprint density at radius 3 is 2.43 bits per heavy atom. The number of rotatable bonds is 5. The first-order valence-corrected chi connectivity index (χ1v) is 8.44. The summed E-state index contributed by atoms with van der Waals surface area (Å²) in [7, 11) is 1.70. The number of nitrogens with zero attached hydrogens (tertiary/aromatic N) is 1. The lowest BCUT2D eigenvalue weighted by Gasteiger charge is -2.17. The quantitative estimate of drug-likeness (QED) is 0.722. The first-order valence-electron chi connectivity index (χ1n) is 6.98. The van der Waals surface area contributed by atoms with Gasteiger partial charge in [-0.15, -0.1) is 0 Å². The number of likely N-dealkylation sites (N-methyl/N-ethyl adjacent to an activating group) is 1. The summed E-state index contributed by atoms with van der Waals surface area (Å²) in [6.45, 7) is 0.433. The van der Waals surface area contributed by atoms with E-state index in [9.17, 15) is 9.59 Å². The molecule has 0 atom stereocenters. The maximum absolute atomic E-state index is 12.1. The molecule has 2 rings (SSSR count). The minimum absolute atomic E-state index is 0.0338. The molecular weight excluding hydrogens is 427 g/mol. The Labute approximate surface area is 154 Å². The van der Waals surface area contributed by atoms with Crippen LogP contribution in [0.5, 0.6) is 0 Å². The van der Waals surface area contributed by atoms with Crippen LogP contribution in [0.1, 0.15) is 15.9 Å². The number of hydrogen-bond donors (Lipinski definition) is 1. The number of halogens is 2. The van der Waals surface area contributed by atoms with Crippen molar-refractivity contribution in [3.05, 3.63) is 68.3 Å². The maximum Gasteiger partial charge on any atom is 0.252 e. The van der Waals surface area contributed by atoms with Gasteiger partial charge in [-0.05, 0) is 52.4 Å². The van der Waals surface area contributed by atoms with E-state index in [0.717, 1.165) is 9.13 Å². The van der Waals surface area contributed by atoms with Crippen molar-refractivity contribution in [2.45, 2.75) is 6.54 Å². The Morgan fingerprint density at radius 2 is 1.78 bits per heavy atom. The SMILES string of the molecule is CN(Cc1ccc(Cl)cc1)C(=O)CNC(=O)c1ccccc1I. The van der Waals surface area contributed by atoms with Gasteiger partial charge in [0, 0.05) is 22.2 Å². The van der Waals surface area contributed by atoms with Gasteiger partial charge in [-0.3, -0.25) is 9.59 Å². The molecule has 6 heteroatoms. The van der Waals surface area contributed by atoms with Crippen LogP contribution in [0, 0.1) is 3.57 Å². The summed E-state index contributed by atoms with van der Waals surface area (Å²) in [6.07, 6.45) is 0. The monoisotopic (exact) mass is 442 g/mol. The number of nitrogens with one attached hydrogen (secondary N) is 1. The number of hydrogen-bond acceptors (Lipinski definition) is 2. The second-order valence-corrected chi connectivity index (χ2v) is 6.64. The molecule has 0 heterocycles. The number of carbonyl (C=O) groups excluding carboxylic acids is 2. The highest BCUT2D eigenvalue weighted by Crippen LogP contribution is 2.12. The second kappa shape index (κ2) is 8.31. The fourth-order valence-electron chi connectivity index (χ4n) is 1.98.